The number of hydrogen-bond acceptors (Lipinski definition) is 5. The zero-order chi connectivity index (χ0) is 18.7. The van der Waals surface area contributed by atoms with Crippen LogP contribution in [0.4, 0.5) is 0 Å². The molecule has 0 saturated heterocycles. The molecule has 0 fully saturated rings. The van der Waals surface area contributed by atoms with Crippen LogP contribution >= 0.6 is 11.3 Å². The fourth-order valence-corrected chi connectivity index (χ4v) is 5.17. The van der Waals surface area contributed by atoms with Gasteiger partial charge in [-0.2, -0.15) is 0 Å². The van der Waals surface area contributed by atoms with Gasteiger partial charge in [0, 0.05) is 11.3 Å². The Bertz CT molecular complexity index is 909. The van der Waals surface area contributed by atoms with Crippen LogP contribution in [-0.2, 0) is 27.5 Å². The Labute approximate surface area is 156 Å². The standard InChI is InChI=1S/C18H20N2O4S2/c1-12-5-7-14(8-6-12)26(23,24)10-9-17(21)19-20-18(22)16-11-13-3-2-4-15(13)25-16/h5-8,11H,2-4,9-10H2,1H3,(H,19,21)(H,20,22). The third-order valence-corrected chi connectivity index (χ3v) is 7.23. The number of aryl methyl sites for hydroxylation is 3. The topological polar surface area (TPSA) is 92.3 Å². The zero-order valence-corrected chi connectivity index (χ0v) is 16.0. The van der Waals surface area contributed by atoms with E-state index in [1.165, 1.54) is 33.9 Å². The molecule has 1 heterocycles. The van der Waals surface area contributed by atoms with Crippen molar-refractivity contribution >= 4 is 33.0 Å². The number of fused-ring (bicyclic) bond motifs is 1. The molecule has 2 amide bonds. The van der Waals surface area contributed by atoms with E-state index in [0.29, 0.717) is 4.88 Å². The van der Waals surface area contributed by atoms with Crippen LogP contribution in [0.5, 0.6) is 0 Å². The van der Waals surface area contributed by atoms with Crippen molar-refractivity contribution < 1.29 is 18.0 Å². The zero-order valence-electron chi connectivity index (χ0n) is 14.4. The fraction of sp³-hybridized carbons (Fsp3) is 0.333. The summed E-state index contributed by atoms with van der Waals surface area (Å²) in [5, 5.41) is 0. The largest absolute Gasteiger partial charge is 0.279 e. The lowest BCUT2D eigenvalue weighted by Crippen LogP contribution is -2.41. The molecule has 0 unspecified atom stereocenters. The SMILES string of the molecule is Cc1ccc(S(=O)(=O)CCC(=O)NNC(=O)c2cc3c(s2)CCC3)cc1. The number of carbonyl (C=O) groups is 2. The van der Waals surface area contributed by atoms with Crippen LogP contribution in [0, 0.1) is 6.92 Å². The molecule has 0 radical (unpaired) electrons. The maximum Gasteiger partial charge on any atom is 0.279 e. The Morgan fingerprint density at radius 3 is 2.54 bits per heavy atom. The van der Waals surface area contributed by atoms with E-state index in [0.717, 1.165) is 24.8 Å². The lowest BCUT2D eigenvalue weighted by atomic mass is 10.2. The smallest absolute Gasteiger partial charge is 0.273 e. The van der Waals surface area contributed by atoms with E-state index in [-0.39, 0.29) is 23.0 Å². The van der Waals surface area contributed by atoms with E-state index in [2.05, 4.69) is 10.9 Å². The fourth-order valence-electron chi connectivity index (χ4n) is 2.78. The molecular formula is C18H20N2O4S2. The van der Waals surface area contributed by atoms with Crippen LogP contribution in [0.15, 0.2) is 35.2 Å². The summed E-state index contributed by atoms with van der Waals surface area (Å²) in [7, 11) is -3.53. The number of benzene rings is 1. The third kappa shape index (κ3) is 4.31. The number of amides is 2. The van der Waals surface area contributed by atoms with Crippen molar-refractivity contribution in [1.29, 1.82) is 0 Å². The van der Waals surface area contributed by atoms with Gasteiger partial charge in [-0.1, -0.05) is 17.7 Å². The highest BCUT2D eigenvalue weighted by Gasteiger charge is 2.20. The maximum absolute atomic E-state index is 12.2. The van der Waals surface area contributed by atoms with Crippen molar-refractivity contribution in [3.8, 4) is 0 Å². The lowest BCUT2D eigenvalue weighted by Gasteiger charge is -2.07. The minimum atomic E-state index is -3.53. The molecule has 3 rings (SSSR count). The van der Waals surface area contributed by atoms with Crippen molar-refractivity contribution in [2.45, 2.75) is 37.5 Å². The molecule has 6 nitrogen and oxygen atoms in total. The van der Waals surface area contributed by atoms with E-state index in [1.807, 2.05) is 13.0 Å². The van der Waals surface area contributed by atoms with Gasteiger partial charge in [0.25, 0.3) is 5.91 Å². The van der Waals surface area contributed by atoms with E-state index in [4.69, 9.17) is 0 Å². The van der Waals surface area contributed by atoms with Crippen LogP contribution in [0.1, 0.15) is 38.5 Å². The highest BCUT2D eigenvalue weighted by atomic mass is 32.2. The number of rotatable bonds is 5. The second-order valence-corrected chi connectivity index (χ2v) is 9.54. The summed E-state index contributed by atoms with van der Waals surface area (Å²) in [6, 6.07) is 8.34. The molecule has 26 heavy (non-hydrogen) atoms. The Balaban J connectivity index is 1.49. The Morgan fingerprint density at radius 2 is 1.85 bits per heavy atom. The van der Waals surface area contributed by atoms with Crippen LogP contribution < -0.4 is 10.9 Å². The van der Waals surface area contributed by atoms with Gasteiger partial charge in [0.2, 0.25) is 5.91 Å². The van der Waals surface area contributed by atoms with E-state index >= 15 is 0 Å². The molecule has 1 aliphatic rings. The maximum atomic E-state index is 12.2. The lowest BCUT2D eigenvalue weighted by molar-refractivity contribution is -0.121. The van der Waals surface area contributed by atoms with Gasteiger partial charge in [0.15, 0.2) is 9.84 Å². The summed E-state index contributed by atoms with van der Waals surface area (Å²) in [5.41, 5.74) is 6.80. The predicted molar refractivity (Wildman–Crippen MR) is 99.8 cm³/mol. The first-order chi connectivity index (χ1) is 12.3. The van der Waals surface area contributed by atoms with Crippen molar-refractivity contribution in [3.63, 3.8) is 0 Å². The van der Waals surface area contributed by atoms with Gasteiger partial charge in [0.1, 0.15) is 0 Å². The van der Waals surface area contributed by atoms with Gasteiger partial charge in [-0.3, -0.25) is 20.4 Å². The van der Waals surface area contributed by atoms with E-state index in [9.17, 15) is 18.0 Å². The number of carbonyl (C=O) groups excluding carboxylic acids is 2. The molecule has 2 aromatic rings. The van der Waals surface area contributed by atoms with Crippen molar-refractivity contribution in [1.82, 2.24) is 10.9 Å². The quantitative estimate of drug-likeness (QED) is 0.763. The van der Waals surface area contributed by atoms with Gasteiger partial charge in [-0.15, -0.1) is 11.3 Å². The monoisotopic (exact) mass is 392 g/mol. The second-order valence-electron chi connectivity index (χ2n) is 6.30. The van der Waals surface area contributed by atoms with E-state index in [1.54, 1.807) is 12.1 Å². The number of hydrogen-bond donors (Lipinski definition) is 2. The summed E-state index contributed by atoms with van der Waals surface area (Å²) < 4.78 is 24.4. The first-order valence-corrected chi connectivity index (χ1v) is 10.8. The molecule has 0 saturated carbocycles. The average molecular weight is 393 g/mol. The first kappa shape index (κ1) is 18.6. The Hall–Kier alpha value is -2.19. The van der Waals surface area contributed by atoms with Gasteiger partial charge in [0.05, 0.1) is 15.5 Å². The summed E-state index contributed by atoms with van der Waals surface area (Å²) in [5.74, 6) is -1.23. The average Bonchev–Trinajstić information content (AvgIpc) is 3.20. The minimum absolute atomic E-state index is 0.188. The van der Waals surface area contributed by atoms with Gasteiger partial charge >= 0.3 is 0 Å². The van der Waals surface area contributed by atoms with E-state index < -0.39 is 15.7 Å². The molecule has 1 aromatic heterocycles. The van der Waals surface area contributed by atoms with Crippen LogP contribution in [0.3, 0.4) is 0 Å². The predicted octanol–water partition coefficient (Wildman–Crippen LogP) is 2.17. The number of hydrazine groups is 1. The molecular weight excluding hydrogens is 372 g/mol. The highest BCUT2D eigenvalue weighted by Crippen LogP contribution is 2.30. The van der Waals surface area contributed by atoms with Crippen molar-refractivity contribution in [2.75, 3.05) is 5.75 Å². The first-order valence-electron chi connectivity index (χ1n) is 8.35. The highest BCUT2D eigenvalue weighted by molar-refractivity contribution is 7.91. The van der Waals surface area contributed by atoms with Crippen molar-refractivity contribution in [3.05, 3.63) is 51.2 Å². The minimum Gasteiger partial charge on any atom is -0.273 e. The molecule has 0 spiro atoms. The molecule has 0 bridgehead atoms. The van der Waals surface area contributed by atoms with Crippen LogP contribution in [0.2, 0.25) is 0 Å². The summed E-state index contributed by atoms with van der Waals surface area (Å²) in [6.07, 6.45) is 2.88. The summed E-state index contributed by atoms with van der Waals surface area (Å²) in [6.45, 7) is 1.87. The Kier molecular flexibility index (Phi) is 5.43. The van der Waals surface area contributed by atoms with Gasteiger partial charge < -0.3 is 0 Å². The normalized spacial score (nSPS) is 13.3. The second kappa shape index (κ2) is 7.59. The van der Waals surface area contributed by atoms with Crippen molar-refractivity contribution in [2.24, 2.45) is 0 Å². The number of nitrogens with one attached hydrogen (secondary N) is 2. The van der Waals surface area contributed by atoms with Gasteiger partial charge in [-0.05, 0) is 49.9 Å². The molecule has 138 valence electrons. The summed E-state index contributed by atoms with van der Waals surface area (Å²) in [4.78, 5) is 25.9. The molecule has 0 atom stereocenters. The molecule has 2 N–H and O–H groups in total. The van der Waals surface area contributed by atoms with Crippen LogP contribution in [-0.4, -0.2) is 26.0 Å². The third-order valence-electron chi connectivity index (χ3n) is 4.26. The molecule has 1 aromatic carbocycles. The van der Waals surface area contributed by atoms with Gasteiger partial charge in [-0.25, -0.2) is 8.42 Å². The molecule has 8 heteroatoms. The molecule has 0 aliphatic heterocycles. The Morgan fingerprint density at radius 1 is 1.12 bits per heavy atom. The number of thiophene rings is 1. The van der Waals surface area contributed by atoms with Crippen LogP contribution in [0.25, 0.3) is 0 Å². The molecule has 1 aliphatic carbocycles. The number of sulfone groups is 1. The summed E-state index contributed by atoms with van der Waals surface area (Å²) >= 11 is 1.44.